The van der Waals surface area contributed by atoms with Crippen LogP contribution in [0.4, 0.5) is 4.79 Å². The predicted octanol–water partition coefficient (Wildman–Crippen LogP) is -1.46. The lowest BCUT2D eigenvalue weighted by Crippen LogP contribution is -2.57. The Labute approximate surface area is 257 Å². The number of hydrogen-bond acceptors (Lipinski definition) is 8. The molecular formula is C27H48N10O7. The van der Waals surface area contributed by atoms with E-state index in [0.29, 0.717) is 38.5 Å². The van der Waals surface area contributed by atoms with Crippen molar-refractivity contribution in [2.75, 3.05) is 26.2 Å². The molecule has 0 radical (unpaired) electrons. The first kappa shape index (κ1) is 35.9. The van der Waals surface area contributed by atoms with Gasteiger partial charge in [0.05, 0.1) is 0 Å². The van der Waals surface area contributed by atoms with E-state index in [4.69, 9.17) is 27.7 Å². The lowest BCUT2D eigenvalue weighted by molar-refractivity contribution is -0.150. The van der Waals surface area contributed by atoms with Crippen molar-refractivity contribution >= 4 is 41.7 Å². The molecular weight excluding hydrogens is 576 g/mol. The van der Waals surface area contributed by atoms with E-state index >= 15 is 0 Å². The number of hydrogen-bond donors (Lipinski definition) is 7. The number of aliphatic imine (C=N–C) groups is 2. The minimum atomic E-state index is -1.11. The van der Waals surface area contributed by atoms with Gasteiger partial charge in [0, 0.05) is 26.2 Å². The van der Waals surface area contributed by atoms with Crippen molar-refractivity contribution in [2.24, 2.45) is 32.9 Å². The van der Waals surface area contributed by atoms with Gasteiger partial charge in [-0.3, -0.25) is 24.4 Å². The van der Waals surface area contributed by atoms with Gasteiger partial charge >= 0.3 is 12.1 Å². The predicted molar refractivity (Wildman–Crippen MR) is 162 cm³/mol. The Morgan fingerprint density at radius 2 is 1.27 bits per heavy atom. The van der Waals surface area contributed by atoms with Gasteiger partial charge in [-0.2, -0.15) is 0 Å². The first-order valence-corrected chi connectivity index (χ1v) is 14.8. The number of carboxylic acid groups (broad SMARTS) is 1. The Morgan fingerprint density at radius 1 is 0.818 bits per heavy atom. The van der Waals surface area contributed by atoms with Crippen LogP contribution in [0.2, 0.25) is 0 Å². The SMILES string of the molecule is CC(C)(C)OC(=O)N[C@@H](CCCN=C(N)N)C(=O)N1CCC[C@H]1C(=O)N[C@@H](CCCN=C(N)N)C(=O)N1CCC[C@H]1C(=O)O. The number of guanidine groups is 2. The third-order valence-electron chi connectivity index (χ3n) is 7.15. The topological polar surface area (TPSA) is 274 Å². The third-order valence-corrected chi connectivity index (χ3v) is 7.15. The fourth-order valence-corrected chi connectivity index (χ4v) is 5.23. The van der Waals surface area contributed by atoms with Gasteiger partial charge in [-0.15, -0.1) is 0 Å². The Morgan fingerprint density at radius 3 is 1.73 bits per heavy atom. The first-order chi connectivity index (χ1) is 20.6. The van der Waals surface area contributed by atoms with Gasteiger partial charge < -0.3 is 53.2 Å². The number of rotatable bonds is 14. The molecule has 17 nitrogen and oxygen atoms in total. The molecule has 44 heavy (non-hydrogen) atoms. The Bertz CT molecular complexity index is 1100. The highest BCUT2D eigenvalue weighted by Crippen LogP contribution is 2.23. The lowest BCUT2D eigenvalue weighted by Gasteiger charge is -2.31. The van der Waals surface area contributed by atoms with Crippen LogP contribution in [-0.4, -0.2) is 113 Å². The van der Waals surface area contributed by atoms with Gasteiger partial charge in [0.25, 0.3) is 0 Å². The molecule has 0 aromatic rings. The lowest BCUT2D eigenvalue weighted by atomic mass is 10.1. The number of ether oxygens (including phenoxy) is 1. The summed E-state index contributed by atoms with van der Waals surface area (Å²) in [5.41, 5.74) is 20.8. The highest BCUT2D eigenvalue weighted by Gasteiger charge is 2.41. The number of aliphatic carboxylic acids is 1. The highest BCUT2D eigenvalue weighted by atomic mass is 16.6. The van der Waals surface area contributed by atoms with Crippen LogP contribution < -0.4 is 33.6 Å². The summed E-state index contributed by atoms with van der Waals surface area (Å²) >= 11 is 0. The number of nitrogens with one attached hydrogen (secondary N) is 2. The average molecular weight is 625 g/mol. The van der Waals surface area contributed by atoms with Crippen molar-refractivity contribution < 1.29 is 33.8 Å². The zero-order valence-electron chi connectivity index (χ0n) is 25.8. The summed E-state index contributed by atoms with van der Waals surface area (Å²) in [5.74, 6) is -2.89. The summed E-state index contributed by atoms with van der Waals surface area (Å²) in [7, 11) is 0. The molecule has 2 rings (SSSR count). The second-order valence-electron chi connectivity index (χ2n) is 11.9. The molecule has 248 valence electrons. The van der Waals surface area contributed by atoms with Gasteiger partial charge in [-0.25, -0.2) is 9.59 Å². The Kier molecular flexibility index (Phi) is 13.5. The number of nitrogens with zero attached hydrogens (tertiary/aromatic N) is 4. The molecule has 4 amide bonds. The molecule has 0 aromatic carbocycles. The van der Waals surface area contributed by atoms with Crippen LogP contribution in [-0.2, 0) is 23.9 Å². The van der Waals surface area contributed by atoms with Crippen molar-refractivity contribution in [1.29, 1.82) is 0 Å². The number of carboxylic acids is 1. The monoisotopic (exact) mass is 624 g/mol. The zero-order valence-corrected chi connectivity index (χ0v) is 25.8. The molecule has 2 aliphatic heterocycles. The number of nitrogens with two attached hydrogens (primary N) is 4. The fourth-order valence-electron chi connectivity index (χ4n) is 5.23. The van der Waals surface area contributed by atoms with Crippen LogP contribution >= 0.6 is 0 Å². The van der Waals surface area contributed by atoms with E-state index in [0.717, 1.165) is 0 Å². The van der Waals surface area contributed by atoms with Gasteiger partial charge in [-0.05, 0) is 72.1 Å². The van der Waals surface area contributed by atoms with Gasteiger partial charge in [0.2, 0.25) is 17.7 Å². The fraction of sp³-hybridized carbons (Fsp3) is 0.741. The summed E-state index contributed by atoms with van der Waals surface area (Å²) in [6.45, 7) is 6.02. The number of carbonyl (C=O) groups is 5. The minimum Gasteiger partial charge on any atom is -0.480 e. The summed E-state index contributed by atoms with van der Waals surface area (Å²) in [5, 5.41) is 15.0. The smallest absolute Gasteiger partial charge is 0.408 e. The largest absolute Gasteiger partial charge is 0.480 e. The number of amides is 4. The van der Waals surface area contributed by atoms with E-state index in [2.05, 4.69) is 20.6 Å². The van der Waals surface area contributed by atoms with Crippen molar-refractivity contribution in [3.05, 3.63) is 0 Å². The molecule has 11 N–H and O–H groups in total. The maximum Gasteiger partial charge on any atom is 0.408 e. The van der Waals surface area contributed by atoms with Crippen molar-refractivity contribution in [2.45, 2.75) is 102 Å². The molecule has 2 saturated heterocycles. The van der Waals surface area contributed by atoms with Gasteiger partial charge in [0.1, 0.15) is 29.8 Å². The molecule has 2 heterocycles. The summed E-state index contributed by atoms with van der Waals surface area (Å²) < 4.78 is 5.34. The quantitative estimate of drug-likeness (QED) is 0.0666. The molecule has 0 aromatic heterocycles. The minimum absolute atomic E-state index is 0.102. The summed E-state index contributed by atoms with van der Waals surface area (Å²) in [6, 6.07) is -3.97. The molecule has 2 fully saturated rings. The highest BCUT2D eigenvalue weighted by molar-refractivity contribution is 5.95. The van der Waals surface area contributed by atoms with E-state index in [1.807, 2.05) is 0 Å². The second-order valence-corrected chi connectivity index (χ2v) is 11.9. The van der Waals surface area contributed by atoms with Crippen molar-refractivity contribution in [3.8, 4) is 0 Å². The molecule has 0 spiro atoms. The molecule has 2 aliphatic rings. The normalized spacial score (nSPS) is 19.4. The second kappa shape index (κ2) is 16.5. The van der Waals surface area contributed by atoms with Crippen molar-refractivity contribution in [1.82, 2.24) is 20.4 Å². The van der Waals surface area contributed by atoms with E-state index in [-0.39, 0.29) is 50.9 Å². The number of likely N-dealkylation sites (tertiary alicyclic amines) is 2. The van der Waals surface area contributed by atoms with Crippen LogP contribution in [0.15, 0.2) is 9.98 Å². The van der Waals surface area contributed by atoms with E-state index in [1.54, 1.807) is 20.8 Å². The first-order valence-electron chi connectivity index (χ1n) is 14.8. The zero-order chi connectivity index (χ0) is 33.0. The molecule has 0 saturated carbocycles. The molecule has 0 unspecified atom stereocenters. The van der Waals surface area contributed by atoms with Crippen LogP contribution in [0.1, 0.15) is 72.1 Å². The summed E-state index contributed by atoms with van der Waals surface area (Å²) in [6.07, 6.45) is 1.94. The third kappa shape index (κ3) is 11.4. The molecule has 4 atom stereocenters. The van der Waals surface area contributed by atoms with Crippen LogP contribution in [0.25, 0.3) is 0 Å². The van der Waals surface area contributed by atoms with Gasteiger partial charge in [-0.1, -0.05) is 0 Å². The maximum absolute atomic E-state index is 13.7. The van der Waals surface area contributed by atoms with E-state index < -0.39 is 59.6 Å². The van der Waals surface area contributed by atoms with Crippen LogP contribution in [0.5, 0.6) is 0 Å². The Balaban J connectivity index is 2.21. The molecule has 17 heteroatoms. The Hall–Kier alpha value is -4.31. The standard InChI is InChI=1S/C27H48N10O7/c1-27(2,3)44-26(43)35-17(9-5-13-33-25(30)31)22(40)36-14-6-10-18(36)20(38)34-16(8-4-12-32-24(28)29)21(39)37-15-7-11-19(37)23(41)42/h16-19H,4-15H2,1-3H3,(H,34,38)(H,35,43)(H,41,42)(H4,28,29,32)(H4,30,31,33)/t16-,17-,18-,19-/m0/s1. The van der Waals surface area contributed by atoms with Crippen LogP contribution in [0.3, 0.4) is 0 Å². The van der Waals surface area contributed by atoms with Gasteiger partial charge in [0.15, 0.2) is 11.9 Å². The number of alkyl carbamates (subject to hydrolysis) is 1. The molecule has 0 aliphatic carbocycles. The van der Waals surface area contributed by atoms with E-state index in [1.165, 1.54) is 9.80 Å². The molecule has 0 bridgehead atoms. The van der Waals surface area contributed by atoms with Crippen LogP contribution in [0, 0.1) is 0 Å². The van der Waals surface area contributed by atoms with Crippen molar-refractivity contribution in [3.63, 3.8) is 0 Å². The maximum atomic E-state index is 13.7. The van der Waals surface area contributed by atoms with E-state index in [9.17, 15) is 29.1 Å². The number of carbonyl (C=O) groups excluding carboxylic acids is 4. The summed E-state index contributed by atoms with van der Waals surface area (Å²) in [4.78, 5) is 75.6. The average Bonchev–Trinajstić information content (AvgIpc) is 3.60.